The van der Waals surface area contributed by atoms with Crippen LogP contribution in [-0.2, 0) is 4.79 Å². The molecule has 1 fully saturated rings. The van der Waals surface area contributed by atoms with Crippen LogP contribution in [0.25, 0.3) is 0 Å². The van der Waals surface area contributed by atoms with Crippen LogP contribution < -0.4 is 0 Å². The number of unbranched alkanes of at least 4 members (excludes halogenated alkanes) is 8. The summed E-state index contributed by atoms with van der Waals surface area (Å²) in [7, 11) is 0. The molecule has 4 heteroatoms. The van der Waals surface area contributed by atoms with Crippen LogP contribution in [0.3, 0.4) is 0 Å². The van der Waals surface area contributed by atoms with E-state index in [9.17, 15) is 4.79 Å². The lowest BCUT2D eigenvalue weighted by molar-refractivity contribution is -0.180. The van der Waals surface area contributed by atoms with Gasteiger partial charge in [0.2, 0.25) is 0 Å². The minimum atomic E-state index is -1.32. The van der Waals surface area contributed by atoms with E-state index in [1.165, 1.54) is 44.9 Å². The zero-order chi connectivity index (χ0) is 16.7. The normalized spacial score (nSPS) is 16.7. The van der Waals surface area contributed by atoms with Gasteiger partial charge >= 0.3 is 5.97 Å². The summed E-state index contributed by atoms with van der Waals surface area (Å²) in [5.74, 6) is -1.98. The minimum absolute atomic E-state index is 0.343. The van der Waals surface area contributed by atoms with Crippen molar-refractivity contribution in [3.05, 3.63) is 0 Å². The van der Waals surface area contributed by atoms with E-state index in [1.54, 1.807) is 0 Å². The molecule has 3 N–H and O–H groups in total. The Labute approximate surface area is 135 Å². The Balaban J connectivity index is 0.000000461. The van der Waals surface area contributed by atoms with Crippen molar-refractivity contribution in [2.24, 2.45) is 0 Å². The first-order valence-corrected chi connectivity index (χ1v) is 9.14. The molecule has 0 aromatic carbocycles. The highest BCUT2D eigenvalue weighted by molar-refractivity contribution is 5.66. The summed E-state index contributed by atoms with van der Waals surface area (Å²) in [4.78, 5) is 10.2. The number of carbonyl (C=O) groups is 1. The average molecular weight is 316 g/mol. The predicted molar refractivity (Wildman–Crippen MR) is 89.7 cm³/mol. The molecule has 22 heavy (non-hydrogen) atoms. The third kappa shape index (κ3) is 15.8. The third-order valence-electron chi connectivity index (χ3n) is 4.15. The maximum atomic E-state index is 10.2. The molecule has 132 valence electrons. The average Bonchev–Trinajstić information content (AvgIpc) is 2.46. The van der Waals surface area contributed by atoms with Crippen molar-refractivity contribution in [2.45, 2.75) is 109 Å². The van der Waals surface area contributed by atoms with Crippen molar-refractivity contribution in [3.8, 4) is 0 Å². The summed E-state index contributed by atoms with van der Waals surface area (Å²) in [6.45, 7) is 2.23. The number of hydrogen-bond donors (Lipinski definition) is 3. The largest absolute Gasteiger partial charge is 0.481 e. The van der Waals surface area contributed by atoms with E-state index < -0.39 is 11.8 Å². The van der Waals surface area contributed by atoms with Gasteiger partial charge in [-0.25, -0.2) is 0 Å². The van der Waals surface area contributed by atoms with Gasteiger partial charge in [-0.05, 0) is 19.3 Å². The molecule has 0 aromatic heterocycles. The number of hydrogen-bond acceptors (Lipinski definition) is 3. The zero-order valence-corrected chi connectivity index (χ0v) is 14.4. The Kier molecular flexibility index (Phi) is 13.6. The van der Waals surface area contributed by atoms with Gasteiger partial charge in [-0.1, -0.05) is 64.7 Å². The van der Waals surface area contributed by atoms with E-state index in [0.29, 0.717) is 19.3 Å². The molecule has 0 spiro atoms. The Hall–Kier alpha value is -0.610. The number of aliphatic carboxylic acids is 1. The number of aliphatic hydroxyl groups is 2. The van der Waals surface area contributed by atoms with Gasteiger partial charge in [0.25, 0.3) is 0 Å². The highest BCUT2D eigenvalue weighted by Gasteiger charge is 2.24. The van der Waals surface area contributed by atoms with E-state index in [-0.39, 0.29) is 0 Å². The summed E-state index contributed by atoms with van der Waals surface area (Å²) in [5, 5.41) is 26.3. The van der Waals surface area contributed by atoms with Gasteiger partial charge in [-0.3, -0.25) is 4.79 Å². The molecule has 0 bridgehead atoms. The van der Waals surface area contributed by atoms with Gasteiger partial charge in [0.1, 0.15) is 0 Å². The van der Waals surface area contributed by atoms with Crippen molar-refractivity contribution in [1.82, 2.24) is 0 Å². The lowest BCUT2D eigenvalue weighted by Crippen LogP contribution is -2.30. The molecule has 1 rings (SSSR count). The summed E-state index contributed by atoms with van der Waals surface area (Å²) >= 11 is 0. The van der Waals surface area contributed by atoms with Crippen LogP contribution in [0.15, 0.2) is 0 Å². The molecule has 4 nitrogen and oxygen atoms in total. The summed E-state index contributed by atoms with van der Waals surface area (Å²) < 4.78 is 0. The van der Waals surface area contributed by atoms with Crippen LogP contribution >= 0.6 is 0 Å². The number of carboxylic acid groups (broad SMARTS) is 1. The van der Waals surface area contributed by atoms with Crippen LogP contribution in [0.1, 0.15) is 103 Å². The SMILES string of the molecule is CCCCCCCCCCCC(=O)O.OC1(O)CCCCC1. The van der Waals surface area contributed by atoms with Crippen molar-refractivity contribution in [3.63, 3.8) is 0 Å². The molecule has 1 aliphatic carbocycles. The third-order valence-corrected chi connectivity index (χ3v) is 4.15. The van der Waals surface area contributed by atoms with Crippen molar-refractivity contribution >= 4 is 5.97 Å². The topological polar surface area (TPSA) is 77.8 Å². The van der Waals surface area contributed by atoms with Crippen molar-refractivity contribution in [2.75, 3.05) is 0 Å². The van der Waals surface area contributed by atoms with Crippen LogP contribution in [0.5, 0.6) is 0 Å². The van der Waals surface area contributed by atoms with Gasteiger partial charge in [0.05, 0.1) is 0 Å². The lowest BCUT2D eigenvalue weighted by Gasteiger charge is -2.25. The van der Waals surface area contributed by atoms with E-state index in [4.69, 9.17) is 15.3 Å². The molecular formula is C18H36O4. The Morgan fingerprint density at radius 3 is 1.64 bits per heavy atom. The fourth-order valence-electron chi connectivity index (χ4n) is 2.70. The standard InChI is InChI=1S/C12H24O2.C6H12O2/c1-2-3-4-5-6-7-8-9-10-11-12(13)14;7-6(8)4-2-1-3-5-6/h2-11H2,1H3,(H,13,14);7-8H,1-5H2. The Morgan fingerprint density at radius 1 is 0.818 bits per heavy atom. The Bertz CT molecular complexity index is 256. The van der Waals surface area contributed by atoms with E-state index in [2.05, 4.69) is 6.92 Å². The second-order valence-corrected chi connectivity index (χ2v) is 6.52. The maximum absolute atomic E-state index is 10.2. The monoisotopic (exact) mass is 316 g/mol. The van der Waals surface area contributed by atoms with Crippen molar-refractivity contribution < 1.29 is 20.1 Å². The molecule has 1 aliphatic rings. The van der Waals surface area contributed by atoms with Crippen LogP contribution in [-0.4, -0.2) is 27.1 Å². The van der Waals surface area contributed by atoms with Gasteiger partial charge in [-0.2, -0.15) is 0 Å². The maximum Gasteiger partial charge on any atom is 0.303 e. The first-order valence-electron chi connectivity index (χ1n) is 9.14. The van der Waals surface area contributed by atoms with Crippen LogP contribution in [0.2, 0.25) is 0 Å². The molecule has 1 saturated carbocycles. The van der Waals surface area contributed by atoms with E-state index >= 15 is 0 Å². The van der Waals surface area contributed by atoms with E-state index in [1.807, 2.05) is 0 Å². The smallest absolute Gasteiger partial charge is 0.303 e. The highest BCUT2D eigenvalue weighted by atomic mass is 16.5. The van der Waals surface area contributed by atoms with Crippen LogP contribution in [0.4, 0.5) is 0 Å². The molecule has 0 aliphatic heterocycles. The fraction of sp³-hybridized carbons (Fsp3) is 0.944. The molecule has 0 unspecified atom stereocenters. The number of rotatable bonds is 10. The molecule has 0 saturated heterocycles. The van der Waals surface area contributed by atoms with E-state index in [0.717, 1.165) is 32.1 Å². The molecule has 0 atom stereocenters. The molecule has 0 heterocycles. The minimum Gasteiger partial charge on any atom is -0.481 e. The summed E-state index contributed by atoms with van der Waals surface area (Å²) in [6.07, 6.45) is 15.7. The quantitative estimate of drug-likeness (QED) is 0.406. The Morgan fingerprint density at radius 2 is 1.27 bits per heavy atom. The van der Waals surface area contributed by atoms with Crippen molar-refractivity contribution in [1.29, 1.82) is 0 Å². The van der Waals surface area contributed by atoms with Gasteiger partial charge < -0.3 is 15.3 Å². The summed E-state index contributed by atoms with van der Waals surface area (Å²) in [6, 6.07) is 0. The first kappa shape index (κ1) is 21.4. The van der Waals surface area contributed by atoms with Gasteiger partial charge in [0.15, 0.2) is 5.79 Å². The second kappa shape index (κ2) is 14.0. The zero-order valence-electron chi connectivity index (χ0n) is 14.4. The summed E-state index contributed by atoms with van der Waals surface area (Å²) in [5.41, 5.74) is 0. The van der Waals surface area contributed by atoms with Crippen LogP contribution in [0, 0.1) is 0 Å². The highest BCUT2D eigenvalue weighted by Crippen LogP contribution is 2.24. The lowest BCUT2D eigenvalue weighted by atomic mass is 9.95. The fourth-order valence-corrected chi connectivity index (χ4v) is 2.70. The first-order chi connectivity index (χ1) is 10.5. The molecule has 0 aromatic rings. The predicted octanol–water partition coefficient (Wildman–Crippen LogP) is 4.62. The van der Waals surface area contributed by atoms with Gasteiger partial charge in [-0.15, -0.1) is 0 Å². The molecular weight excluding hydrogens is 280 g/mol. The molecule has 0 radical (unpaired) electrons. The second-order valence-electron chi connectivity index (χ2n) is 6.52. The van der Waals surface area contributed by atoms with Gasteiger partial charge in [0, 0.05) is 19.3 Å². The molecule has 0 amide bonds. The number of carboxylic acids is 1.